The third-order valence-corrected chi connectivity index (χ3v) is 3.97. The molecule has 0 N–H and O–H groups in total. The summed E-state index contributed by atoms with van der Waals surface area (Å²) in [6, 6.07) is 11.2. The highest BCUT2D eigenvalue weighted by Crippen LogP contribution is 2.28. The van der Waals surface area contributed by atoms with E-state index in [9.17, 15) is 9.59 Å². The van der Waals surface area contributed by atoms with Crippen molar-refractivity contribution in [2.24, 2.45) is 5.92 Å². The van der Waals surface area contributed by atoms with Gasteiger partial charge >= 0.3 is 0 Å². The predicted molar refractivity (Wildman–Crippen MR) is 84.7 cm³/mol. The van der Waals surface area contributed by atoms with Gasteiger partial charge in [0, 0.05) is 12.6 Å². The van der Waals surface area contributed by atoms with Crippen molar-refractivity contribution in [2.45, 2.75) is 19.8 Å². The fourth-order valence-electron chi connectivity index (χ4n) is 2.72. The van der Waals surface area contributed by atoms with Crippen LogP contribution in [0.15, 0.2) is 42.6 Å². The Morgan fingerprint density at radius 3 is 2.77 bits per heavy atom. The van der Waals surface area contributed by atoms with Crippen LogP contribution in [-0.4, -0.2) is 16.8 Å². The number of carbonyl (C=O) groups is 2. The van der Waals surface area contributed by atoms with Gasteiger partial charge in [-0.1, -0.05) is 41.4 Å². The summed E-state index contributed by atoms with van der Waals surface area (Å²) in [5, 5.41) is 0.471. The smallest absolute Gasteiger partial charge is 0.238 e. The maximum atomic E-state index is 12.5. The molecule has 1 saturated heterocycles. The van der Waals surface area contributed by atoms with Gasteiger partial charge in [-0.25, -0.2) is 9.88 Å². The average molecular weight is 315 g/mol. The lowest BCUT2D eigenvalue weighted by Gasteiger charge is -2.14. The van der Waals surface area contributed by atoms with Crippen LogP contribution in [0.5, 0.6) is 0 Å². The van der Waals surface area contributed by atoms with Gasteiger partial charge in [0.05, 0.1) is 10.9 Å². The minimum atomic E-state index is -0.327. The maximum absolute atomic E-state index is 12.5. The highest BCUT2D eigenvalue weighted by Gasteiger charge is 2.39. The van der Waals surface area contributed by atoms with Crippen molar-refractivity contribution in [1.29, 1.82) is 0 Å². The van der Waals surface area contributed by atoms with Crippen molar-refractivity contribution < 1.29 is 9.59 Å². The zero-order chi connectivity index (χ0) is 15.7. The number of amides is 2. The van der Waals surface area contributed by atoms with Gasteiger partial charge in [-0.2, -0.15) is 0 Å². The fraction of sp³-hybridized carbons (Fsp3) is 0.235. The topological polar surface area (TPSA) is 50.3 Å². The van der Waals surface area contributed by atoms with E-state index in [1.54, 1.807) is 12.1 Å². The third kappa shape index (κ3) is 2.88. The van der Waals surface area contributed by atoms with Crippen molar-refractivity contribution in [3.05, 3.63) is 58.7 Å². The molecule has 1 unspecified atom stereocenters. The molecule has 0 spiro atoms. The Labute approximate surface area is 133 Å². The molecule has 0 aliphatic carbocycles. The number of pyridine rings is 1. The average Bonchev–Trinajstić information content (AvgIpc) is 2.75. The second-order valence-corrected chi connectivity index (χ2v) is 5.93. The molecular formula is C17H15ClN2O2. The minimum absolute atomic E-state index is 0.193. The first-order valence-electron chi connectivity index (χ1n) is 7.08. The SMILES string of the molecule is Cc1cccc(CC2CC(=O)N(c3ccc(Cl)cn3)C2=O)c1. The van der Waals surface area contributed by atoms with Gasteiger partial charge in [-0.15, -0.1) is 0 Å². The lowest BCUT2D eigenvalue weighted by atomic mass is 9.97. The molecule has 1 aromatic carbocycles. The Morgan fingerprint density at radius 1 is 1.27 bits per heavy atom. The number of anilines is 1. The van der Waals surface area contributed by atoms with Crippen LogP contribution in [0.25, 0.3) is 0 Å². The lowest BCUT2D eigenvalue weighted by molar-refractivity contribution is -0.122. The minimum Gasteiger partial charge on any atom is -0.274 e. The number of nitrogens with zero attached hydrogens (tertiary/aromatic N) is 2. The molecule has 0 saturated carbocycles. The van der Waals surface area contributed by atoms with E-state index in [2.05, 4.69) is 4.98 Å². The van der Waals surface area contributed by atoms with Crippen molar-refractivity contribution in [1.82, 2.24) is 4.98 Å². The van der Waals surface area contributed by atoms with Crippen LogP contribution < -0.4 is 4.90 Å². The lowest BCUT2D eigenvalue weighted by Crippen LogP contribution is -2.31. The van der Waals surface area contributed by atoms with Gasteiger partial charge in [-0.05, 0) is 31.0 Å². The first-order valence-corrected chi connectivity index (χ1v) is 7.46. The second-order valence-electron chi connectivity index (χ2n) is 5.50. The van der Waals surface area contributed by atoms with E-state index >= 15 is 0 Å². The summed E-state index contributed by atoms with van der Waals surface area (Å²) in [4.78, 5) is 29.9. The van der Waals surface area contributed by atoms with Crippen molar-refractivity contribution >= 4 is 29.2 Å². The van der Waals surface area contributed by atoms with Crippen molar-refractivity contribution in [2.75, 3.05) is 4.90 Å². The number of hydrogen-bond acceptors (Lipinski definition) is 3. The number of halogens is 1. The molecule has 0 radical (unpaired) electrons. The van der Waals surface area contributed by atoms with E-state index < -0.39 is 0 Å². The molecule has 4 nitrogen and oxygen atoms in total. The first-order chi connectivity index (χ1) is 10.5. The highest BCUT2D eigenvalue weighted by molar-refractivity contribution is 6.30. The number of hydrogen-bond donors (Lipinski definition) is 0. The molecule has 0 bridgehead atoms. The van der Waals surface area contributed by atoms with E-state index in [1.165, 1.54) is 6.20 Å². The molecule has 1 aliphatic heterocycles. The van der Waals surface area contributed by atoms with E-state index in [0.29, 0.717) is 17.3 Å². The number of rotatable bonds is 3. The Bertz CT molecular complexity index is 728. The molecule has 3 rings (SSSR count). The van der Waals surface area contributed by atoms with Gasteiger partial charge < -0.3 is 0 Å². The largest absolute Gasteiger partial charge is 0.274 e. The summed E-state index contributed by atoms with van der Waals surface area (Å²) < 4.78 is 0. The summed E-state index contributed by atoms with van der Waals surface area (Å²) in [7, 11) is 0. The molecular weight excluding hydrogens is 300 g/mol. The van der Waals surface area contributed by atoms with E-state index in [1.807, 2.05) is 31.2 Å². The van der Waals surface area contributed by atoms with Gasteiger partial charge in [0.2, 0.25) is 11.8 Å². The molecule has 5 heteroatoms. The van der Waals surface area contributed by atoms with E-state index in [-0.39, 0.29) is 24.2 Å². The molecule has 1 aromatic heterocycles. The number of aryl methyl sites for hydroxylation is 1. The molecule has 2 aromatic rings. The monoisotopic (exact) mass is 314 g/mol. The number of aromatic nitrogens is 1. The first kappa shape index (κ1) is 14.7. The van der Waals surface area contributed by atoms with Crippen molar-refractivity contribution in [3.8, 4) is 0 Å². The molecule has 2 amide bonds. The Balaban J connectivity index is 1.81. The number of carbonyl (C=O) groups excluding carboxylic acids is 2. The maximum Gasteiger partial charge on any atom is 0.238 e. The van der Waals surface area contributed by atoms with E-state index in [4.69, 9.17) is 11.6 Å². The summed E-state index contributed by atoms with van der Waals surface area (Å²) >= 11 is 5.79. The predicted octanol–water partition coefficient (Wildman–Crippen LogP) is 3.17. The summed E-state index contributed by atoms with van der Waals surface area (Å²) in [5.74, 6) is -0.392. The standard InChI is InChI=1S/C17H15ClN2O2/c1-11-3-2-4-12(7-11)8-13-9-16(21)20(17(13)22)15-6-5-14(18)10-19-15/h2-7,10,13H,8-9H2,1H3. The molecule has 1 atom stereocenters. The number of imide groups is 1. The summed E-state index contributed by atoms with van der Waals surface area (Å²) in [6.07, 6.45) is 2.22. The highest BCUT2D eigenvalue weighted by atomic mass is 35.5. The zero-order valence-electron chi connectivity index (χ0n) is 12.1. The third-order valence-electron chi connectivity index (χ3n) is 3.75. The van der Waals surface area contributed by atoms with Gasteiger partial charge in [0.25, 0.3) is 0 Å². The van der Waals surface area contributed by atoms with Crippen LogP contribution >= 0.6 is 11.6 Å². The molecule has 1 aliphatic rings. The summed E-state index contributed by atoms with van der Waals surface area (Å²) in [5.41, 5.74) is 2.21. The molecule has 112 valence electrons. The molecule has 2 heterocycles. The van der Waals surface area contributed by atoms with Crippen LogP contribution in [0, 0.1) is 12.8 Å². The fourth-order valence-corrected chi connectivity index (χ4v) is 2.83. The van der Waals surface area contributed by atoms with Crippen LogP contribution in [0.1, 0.15) is 17.5 Å². The number of benzene rings is 1. The van der Waals surface area contributed by atoms with Gasteiger partial charge in [-0.3, -0.25) is 9.59 Å². The Kier molecular flexibility index (Phi) is 3.94. The van der Waals surface area contributed by atoms with Gasteiger partial charge in [0.1, 0.15) is 5.82 Å². The Hall–Kier alpha value is -2.20. The summed E-state index contributed by atoms with van der Waals surface area (Å²) in [6.45, 7) is 2.01. The second kappa shape index (κ2) is 5.89. The quantitative estimate of drug-likeness (QED) is 0.818. The normalized spacial score (nSPS) is 18.1. The van der Waals surface area contributed by atoms with Crippen molar-refractivity contribution in [3.63, 3.8) is 0 Å². The van der Waals surface area contributed by atoms with E-state index in [0.717, 1.165) is 16.0 Å². The Morgan fingerprint density at radius 2 is 2.09 bits per heavy atom. The van der Waals surface area contributed by atoms with Crippen LogP contribution in [0.2, 0.25) is 5.02 Å². The van der Waals surface area contributed by atoms with Crippen LogP contribution in [0.4, 0.5) is 5.82 Å². The molecule has 22 heavy (non-hydrogen) atoms. The molecule has 1 fully saturated rings. The van der Waals surface area contributed by atoms with Crippen LogP contribution in [-0.2, 0) is 16.0 Å². The zero-order valence-corrected chi connectivity index (χ0v) is 12.9. The van der Waals surface area contributed by atoms with Crippen LogP contribution in [0.3, 0.4) is 0 Å². The van der Waals surface area contributed by atoms with Gasteiger partial charge in [0.15, 0.2) is 0 Å².